The summed E-state index contributed by atoms with van der Waals surface area (Å²) in [5.41, 5.74) is -2.21. The second-order valence-electron chi connectivity index (χ2n) is 20.7. The first-order chi connectivity index (χ1) is 31.6. The maximum Gasteiger partial charge on any atom is 0.314 e. The minimum absolute atomic E-state index is 0.00956. The van der Waals surface area contributed by atoms with E-state index in [0.717, 1.165) is 12.0 Å². The van der Waals surface area contributed by atoms with Crippen molar-refractivity contribution in [3.63, 3.8) is 0 Å². The maximum absolute atomic E-state index is 14.3. The van der Waals surface area contributed by atoms with Crippen LogP contribution in [0, 0.1) is 28.1 Å². The SMILES string of the molecule is CC1=C[C@@]23CCC4[C@@](C)(CCC[C@@]4(C)C(=O)OC4OC(CO)C(O)C(O)C4O)C2CC[C@@]1(OC1OC(CO)C(O)C(OC2OC(CO)C(O)C(O)C2O)C1OC1OC(CO)C(O)C(O)C1O)C3. The molecule has 0 aromatic rings. The van der Waals surface area contributed by atoms with Crippen molar-refractivity contribution < 1.29 is 114 Å². The van der Waals surface area contributed by atoms with Gasteiger partial charge in [0.15, 0.2) is 18.9 Å². The van der Waals surface area contributed by atoms with Gasteiger partial charge in [-0.2, -0.15) is 0 Å². The number of ether oxygens (including phenoxy) is 8. The Labute approximate surface area is 386 Å². The molecule has 8 rings (SSSR count). The Morgan fingerprint density at radius 1 is 0.567 bits per heavy atom. The average molecular weight is 967 g/mol. The summed E-state index contributed by atoms with van der Waals surface area (Å²) in [6.45, 7) is 2.84. The zero-order valence-corrected chi connectivity index (χ0v) is 37.7. The lowest BCUT2D eigenvalue weighted by molar-refractivity contribution is -0.400. The minimum atomic E-state index is -1.95. The van der Waals surface area contributed by atoms with E-state index in [2.05, 4.69) is 13.0 Å². The third kappa shape index (κ3) is 8.63. The first-order valence-corrected chi connectivity index (χ1v) is 23.4. The van der Waals surface area contributed by atoms with Gasteiger partial charge in [0.25, 0.3) is 0 Å². The summed E-state index contributed by atoms with van der Waals surface area (Å²) < 4.78 is 48.3. The van der Waals surface area contributed by atoms with Crippen LogP contribution in [-0.4, -0.2) is 232 Å². The fourth-order valence-electron chi connectivity index (χ4n) is 13.3. The molecule has 2 bridgehead atoms. The molecule has 1 spiro atoms. The van der Waals surface area contributed by atoms with Crippen molar-refractivity contribution in [3.8, 4) is 0 Å². The minimum Gasteiger partial charge on any atom is -0.432 e. The molecule has 4 heterocycles. The van der Waals surface area contributed by atoms with Crippen LogP contribution in [0.3, 0.4) is 0 Å². The highest BCUT2D eigenvalue weighted by atomic mass is 16.8. The molecule has 4 aliphatic heterocycles. The van der Waals surface area contributed by atoms with Crippen LogP contribution in [0.5, 0.6) is 0 Å². The van der Waals surface area contributed by atoms with Crippen LogP contribution >= 0.6 is 0 Å². The normalized spacial score (nSPS) is 54.4. The quantitative estimate of drug-likeness (QED) is 0.0494. The molecule has 4 aliphatic carbocycles. The molecule has 4 saturated heterocycles. The monoisotopic (exact) mass is 966 g/mol. The molecule has 23 heteroatoms. The predicted molar refractivity (Wildman–Crippen MR) is 219 cm³/mol. The van der Waals surface area contributed by atoms with Crippen LogP contribution in [-0.2, 0) is 42.7 Å². The first kappa shape index (κ1) is 51.7. The van der Waals surface area contributed by atoms with E-state index < -0.39 is 177 Å². The van der Waals surface area contributed by atoms with Gasteiger partial charge in [-0.25, -0.2) is 0 Å². The summed E-state index contributed by atoms with van der Waals surface area (Å²) in [4.78, 5) is 14.3. The van der Waals surface area contributed by atoms with Crippen molar-refractivity contribution in [1.82, 2.24) is 0 Å². The van der Waals surface area contributed by atoms with Crippen molar-refractivity contribution in [1.29, 1.82) is 0 Å². The Bertz CT molecular complexity index is 1770. The number of allylic oxidation sites excluding steroid dienone is 1. The number of aliphatic hydroxyl groups is 14. The van der Waals surface area contributed by atoms with Gasteiger partial charge in [0.2, 0.25) is 6.29 Å². The van der Waals surface area contributed by atoms with Gasteiger partial charge >= 0.3 is 5.97 Å². The van der Waals surface area contributed by atoms with E-state index in [9.17, 15) is 76.3 Å². The van der Waals surface area contributed by atoms with Crippen molar-refractivity contribution >= 4 is 5.97 Å². The standard InChI is InChI=1S/C44H70O23/c1-17-11-43-9-5-22-41(2,7-4-8-42(22,3)40(59)66-38-33(58)30(55)26(51)20(14-47)62-38)23(43)6-10-44(17,16-43)67-39-35(65-37-32(57)29(54)25(50)19(13-46)61-37)34(27(52)21(15-48)63-39)64-36-31(56)28(53)24(49)18(12-45)60-36/h11,18-39,45-58H,4-10,12-16H2,1-3H3/t18?,19?,20?,21?,22?,23?,24?,25?,26?,27?,28?,29?,30?,31?,32?,33?,34?,35?,36?,37?,38?,39?,41-,42-,43-,44-/m1/s1. The maximum atomic E-state index is 14.3. The summed E-state index contributed by atoms with van der Waals surface area (Å²) >= 11 is 0. The summed E-state index contributed by atoms with van der Waals surface area (Å²) in [6, 6.07) is 0. The lowest BCUT2D eigenvalue weighted by Crippen LogP contribution is -2.68. The van der Waals surface area contributed by atoms with Gasteiger partial charge in [0, 0.05) is 0 Å². The van der Waals surface area contributed by atoms with E-state index >= 15 is 0 Å². The van der Waals surface area contributed by atoms with Crippen LogP contribution in [0.2, 0.25) is 0 Å². The van der Waals surface area contributed by atoms with E-state index in [-0.39, 0.29) is 11.8 Å². The number of carbonyl (C=O) groups excluding carboxylic acids is 1. The summed E-state index contributed by atoms with van der Waals surface area (Å²) in [5, 5.41) is 148. The van der Waals surface area contributed by atoms with E-state index in [0.29, 0.717) is 44.9 Å². The van der Waals surface area contributed by atoms with Gasteiger partial charge in [-0.05, 0) is 87.0 Å². The van der Waals surface area contributed by atoms with Gasteiger partial charge in [-0.3, -0.25) is 4.79 Å². The lowest BCUT2D eigenvalue weighted by Gasteiger charge is -2.64. The number of carbonyl (C=O) groups is 1. The largest absolute Gasteiger partial charge is 0.432 e. The van der Waals surface area contributed by atoms with Crippen LogP contribution < -0.4 is 0 Å². The first-order valence-electron chi connectivity index (χ1n) is 23.4. The Morgan fingerprint density at radius 3 is 1.57 bits per heavy atom. The molecule has 0 radical (unpaired) electrons. The molecular formula is C44H70O23. The van der Waals surface area contributed by atoms with Crippen LogP contribution in [0.1, 0.15) is 72.1 Å². The van der Waals surface area contributed by atoms with Crippen LogP contribution in [0.4, 0.5) is 0 Å². The number of hydrogen-bond donors (Lipinski definition) is 14. The Balaban J connectivity index is 1.07. The molecule has 67 heavy (non-hydrogen) atoms. The van der Waals surface area contributed by atoms with E-state index in [1.54, 1.807) is 0 Å². The zero-order valence-electron chi connectivity index (χ0n) is 37.7. The Kier molecular flexibility index (Phi) is 15.0. The fraction of sp³-hybridized carbons (Fsp3) is 0.932. The summed E-state index contributed by atoms with van der Waals surface area (Å²) in [6.07, 6.45) is -27.3. The third-order valence-corrected chi connectivity index (χ3v) is 17.0. The zero-order chi connectivity index (χ0) is 48.7. The lowest BCUT2D eigenvalue weighted by atomic mass is 9.40. The van der Waals surface area contributed by atoms with Crippen LogP contribution in [0.25, 0.3) is 0 Å². The van der Waals surface area contributed by atoms with Crippen molar-refractivity contribution in [2.24, 2.45) is 28.1 Å². The number of fused-ring (bicyclic) bond motifs is 3. The highest BCUT2D eigenvalue weighted by Crippen LogP contribution is 2.72. The molecular weight excluding hydrogens is 896 g/mol. The number of esters is 1. The average Bonchev–Trinajstić information content (AvgIpc) is 3.50. The molecule has 0 aromatic heterocycles. The second kappa shape index (κ2) is 19.4. The molecule has 0 aromatic carbocycles. The number of aliphatic hydroxyl groups excluding tert-OH is 14. The molecule has 0 amide bonds. The molecule has 8 aliphatic rings. The molecule has 3 saturated carbocycles. The highest BCUT2D eigenvalue weighted by molar-refractivity contribution is 5.77. The van der Waals surface area contributed by atoms with E-state index in [4.69, 9.17) is 37.9 Å². The predicted octanol–water partition coefficient (Wildman–Crippen LogP) is -5.11. The molecule has 23 nitrogen and oxygen atoms in total. The summed E-state index contributed by atoms with van der Waals surface area (Å²) in [7, 11) is 0. The van der Waals surface area contributed by atoms with Gasteiger partial charge in [-0.1, -0.05) is 19.4 Å². The second-order valence-corrected chi connectivity index (χ2v) is 20.7. The van der Waals surface area contributed by atoms with Crippen LogP contribution in [0.15, 0.2) is 11.6 Å². The topological polar surface area (TPSA) is 374 Å². The molecule has 384 valence electrons. The van der Waals surface area contributed by atoms with Gasteiger partial charge < -0.3 is 109 Å². The molecule has 14 N–H and O–H groups in total. The Morgan fingerprint density at radius 2 is 1.03 bits per heavy atom. The smallest absolute Gasteiger partial charge is 0.314 e. The van der Waals surface area contributed by atoms with Crippen molar-refractivity contribution in [2.45, 2.75) is 201 Å². The third-order valence-electron chi connectivity index (χ3n) is 17.0. The van der Waals surface area contributed by atoms with E-state index in [1.165, 1.54) is 0 Å². The highest BCUT2D eigenvalue weighted by Gasteiger charge is 2.68. The molecule has 22 unspecified atom stereocenters. The molecule has 26 atom stereocenters. The summed E-state index contributed by atoms with van der Waals surface area (Å²) in [5.74, 6) is -0.818. The van der Waals surface area contributed by atoms with E-state index in [1.807, 2.05) is 13.8 Å². The number of hydrogen-bond acceptors (Lipinski definition) is 23. The van der Waals surface area contributed by atoms with Crippen molar-refractivity contribution in [2.75, 3.05) is 26.4 Å². The Hall–Kier alpha value is -1.63. The van der Waals surface area contributed by atoms with Gasteiger partial charge in [0.05, 0.1) is 37.4 Å². The fourth-order valence-corrected chi connectivity index (χ4v) is 13.3. The van der Waals surface area contributed by atoms with Gasteiger partial charge in [0.1, 0.15) is 97.7 Å². The van der Waals surface area contributed by atoms with Crippen molar-refractivity contribution in [3.05, 3.63) is 11.6 Å². The van der Waals surface area contributed by atoms with Gasteiger partial charge in [-0.15, -0.1) is 0 Å². The number of rotatable bonds is 12. The molecule has 7 fully saturated rings.